The monoisotopic (exact) mass is 311 g/mol. The van der Waals surface area contributed by atoms with Gasteiger partial charge in [-0.25, -0.2) is 4.79 Å². The molecule has 0 heterocycles. The fourth-order valence-electron chi connectivity index (χ4n) is 1.57. The molecule has 8 heteroatoms. The van der Waals surface area contributed by atoms with Crippen molar-refractivity contribution < 1.29 is 28.3 Å². The fraction of sp³-hybridized carbons (Fsp3) is 0.917. The summed E-state index contributed by atoms with van der Waals surface area (Å²) in [6, 6.07) is 0. The number of aliphatic hydroxyl groups is 1. The molecule has 0 aromatic heterocycles. The van der Waals surface area contributed by atoms with Crippen LogP contribution in [0.15, 0.2) is 0 Å². The van der Waals surface area contributed by atoms with Gasteiger partial charge in [0.25, 0.3) is 5.34 Å². The summed E-state index contributed by atoms with van der Waals surface area (Å²) in [5, 5.41) is 8.33. The van der Waals surface area contributed by atoms with Gasteiger partial charge in [-0.2, -0.15) is 0 Å². The molecule has 0 aromatic rings. The number of ether oxygens (including phenoxy) is 1. The molecule has 0 radical (unpaired) electrons. The molecule has 0 rings (SSSR count). The Labute approximate surface area is 120 Å². The van der Waals surface area contributed by atoms with Crippen LogP contribution < -0.4 is 0 Å². The van der Waals surface area contributed by atoms with Gasteiger partial charge in [-0.05, 0) is 34.9 Å². The van der Waals surface area contributed by atoms with Crippen LogP contribution in [0.25, 0.3) is 0 Å². The minimum atomic E-state index is -4.03. The highest BCUT2D eigenvalue weighted by Crippen LogP contribution is 2.60. The highest BCUT2D eigenvalue weighted by Gasteiger charge is 2.56. The van der Waals surface area contributed by atoms with Crippen molar-refractivity contribution in [3.05, 3.63) is 0 Å². The fourth-order valence-corrected chi connectivity index (χ4v) is 3.41. The molecule has 1 N–H and O–H groups in total. The van der Waals surface area contributed by atoms with Crippen LogP contribution in [0.3, 0.4) is 0 Å². The Bertz CT molecular complexity index is 339. The maximum atomic E-state index is 12.8. The average molecular weight is 311 g/mol. The molecular formula is C12H26NO6P. The number of carbonyl (C=O) groups is 1. The minimum absolute atomic E-state index is 0.0565. The van der Waals surface area contributed by atoms with E-state index in [2.05, 4.69) is 0 Å². The number of nitrogens with zero attached hydrogens (tertiary/aromatic N) is 1. The van der Waals surface area contributed by atoms with E-state index in [1.165, 1.54) is 0 Å². The lowest BCUT2D eigenvalue weighted by molar-refractivity contribution is -0.159. The van der Waals surface area contributed by atoms with Crippen molar-refractivity contribution in [1.29, 1.82) is 0 Å². The number of carbonyl (C=O) groups excluding carboxylic acids is 1. The predicted octanol–water partition coefficient (Wildman–Crippen LogP) is 1.46. The third-order valence-electron chi connectivity index (χ3n) is 2.56. The summed E-state index contributed by atoms with van der Waals surface area (Å²) in [6.07, 6.45) is -0.101. The lowest BCUT2D eigenvalue weighted by Gasteiger charge is -2.32. The van der Waals surface area contributed by atoms with Crippen LogP contribution in [0.5, 0.6) is 0 Å². The predicted molar refractivity (Wildman–Crippen MR) is 75.6 cm³/mol. The zero-order chi connectivity index (χ0) is 15.8. The first-order chi connectivity index (χ1) is 9.27. The lowest BCUT2D eigenvalue weighted by Crippen LogP contribution is -2.43. The van der Waals surface area contributed by atoms with Crippen LogP contribution in [-0.4, -0.2) is 61.8 Å². The van der Waals surface area contributed by atoms with Gasteiger partial charge in [-0.1, -0.05) is 0 Å². The molecular weight excluding hydrogens is 285 g/mol. The molecule has 0 aromatic carbocycles. The molecule has 7 nitrogen and oxygen atoms in total. The zero-order valence-corrected chi connectivity index (χ0v) is 13.8. The quantitative estimate of drug-likeness (QED) is 0.483. The molecule has 1 atom stereocenters. The Balaban J connectivity index is 5.44. The summed E-state index contributed by atoms with van der Waals surface area (Å²) in [5.41, 5.74) is 0. The summed E-state index contributed by atoms with van der Waals surface area (Å²) in [4.78, 5) is 13.8. The third-order valence-corrected chi connectivity index (χ3v) is 5.07. The molecule has 120 valence electrons. The van der Waals surface area contributed by atoms with Crippen molar-refractivity contribution in [2.45, 2.75) is 32.5 Å². The first-order valence-corrected chi connectivity index (χ1v) is 8.25. The molecule has 0 aliphatic carbocycles. The van der Waals surface area contributed by atoms with E-state index >= 15 is 0 Å². The molecule has 0 fully saturated rings. The second kappa shape index (κ2) is 8.74. The van der Waals surface area contributed by atoms with Gasteiger partial charge in [0.2, 0.25) is 0 Å². The van der Waals surface area contributed by atoms with E-state index in [0.717, 1.165) is 0 Å². The first kappa shape index (κ1) is 19.5. The number of esters is 1. The van der Waals surface area contributed by atoms with Gasteiger partial charge in [-0.3, -0.25) is 4.57 Å². The lowest BCUT2D eigenvalue weighted by atomic mass is 10.2. The smallest absolute Gasteiger partial charge is 0.373 e. The molecule has 0 saturated carbocycles. The molecule has 1 unspecified atom stereocenters. The zero-order valence-electron chi connectivity index (χ0n) is 12.9. The van der Waals surface area contributed by atoms with Crippen molar-refractivity contribution in [3.63, 3.8) is 0 Å². The van der Waals surface area contributed by atoms with E-state index in [0.29, 0.717) is 6.54 Å². The molecule has 0 saturated heterocycles. The first-order valence-electron chi connectivity index (χ1n) is 6.70. The van der Waals surface area contributed by atoms with Gasteiger partial charge in [-0.15, -0.1) is 0 Å². The van der Waals surface area contributed by atoms with Crippen LogP contribution in [0.2, 0.25) is 0 Å². The number of hydrogen-bond donors (Lipinski definition) is 1. The Kier molecular flexibility index (Phi) is 8.54. The average Bonchev–Trinajstić information content (AvgIpc) is 2.36. The van der Waals surface area contributed by atoms with Crippen LogP contribution in [0.4, 0.5) is 0 Å². The highest BCUT2D eigenvalue weighted by molar-refractivity contribution is 7.56. The molecule has 0 amide bonds. The van der Waals surface area contributed by atoms with Crippen molar-refractivity contribution in [2.24, 2.45) is 0 Å². The minimum Gasteiger partial charge on any atom is -0.463 e. The van der Waals surface area contributed by atoms with Crippen LogP contribution >= 0.6 is 7.60 Å². The molecule has 0 spiro atoms. The van der Waals surface area contributed by atoms with E-state index < -0.39 is 18.9 Å². The van der Waals surface area contributed by atoms with E-state index in [4.69, 9.17) is 13.8 Å². The van der Waals surface area contributed by atoms with Crippen molar-refractivity contribution >= 4 is 13.6 Å². The second-order valence-electron chi connectivity index (χ2n) is 4.42. The number of rotatable bonds is 10. The normalized spacial score (nSPS) is 15.2. The summed E-state index contributed by atoms with van der Waals surface area (Å²) >= 11 is 0. The summed E-state index contributed by atoms with van der Waals surface area (Å²) in [7, 11) is -0.478. The van der Waals surface area contributed by atoms with Gasteiger partial charge in [0.15, 0.2) is 0 Å². The molecule has 20 heavy (non-hydrogen) atoms. The summed E-state index contributed by atoms with van der Waals surface area (Å²) in [5.74, 6) is -0.980. The largest absolute Gasteiger partial charge is 0.463 e. The van der Waals surface area contributed by atoms with Crippen LogP contribution in [0.1, 0.15) is 27.2 Å². The topological polar surface area (TPSA) is 85.3 Å². The molecule has 0 bridgehead atoms. The SMILES string of the molecule is CCOC(=O)C(O)(CCN(C)C)P(=O)(OCC)OCC. The molecule has 0 aliphatic heterocycles. The van der Waals surface area contributed by atoms with Gasteiger partial charge in [0.05, 0.1) is 19.8 Å². The van der Waals surface area contributed by atoms with Crippen molar-refractivity contribution in [3.8, 4) is 0 Å². The van der Waals surface area contributed by atoms with Gasteiger partial charge < -0.3 is 23.8 Å². The highest BCUT2D eigenvalue weighted by atomic mass is 31.2. The van der Waals surface area contributed by atoms with Gasteiger partial charge >= 0.3 is 13.6 Å². The van der Waals surface area contributed by atoms with Crippen molar-refractivity contribution in [1.82, 2.24) is 4.90 Å². The van der Waals surface area contributed by atoms with Gasteiger partial charge in [0, 0.05) is 13.0 Å². The second-order valence-corrected chi connectivity index (χ2v) is 6.67. The van der Waals surface area contributed by atoms with Gasteiger partial charge in [0.1, 0.15) is 0 Å². The maximum absolute atomic E-state index is 12.8. The Morgan fingerprint density at radius 1 is 1.15 bits per heavy atom. The Morgan fingerprint density at radius 2 is 1.65 bits per heavy atom. The Morgan fingerprint density at radius 3 is 2.00 bits per heavy atom. The van der Waals surface area contributed by atoms with E-state index in [9.17, 15) is 14.5 Å². The van der Waals surface area contributed by atoms with E-state index in [1.54, 1.807) is 39.8 Å². The maximum Gasteiger partial charge on any atom is 0.373 e. The number of hydrogen-bond acceptors (Lipinski definition) is 7. The van der Waals surface area contributed by atoms with Crippen LogP contribution in [-0.2, 0) is 23.1 Å². The summed E-state index contributed by atoms with van der Waals surface area (Å²) < 4.78 is 27.8. The Hall–Kier alpha value is -0.460. The van der Waals surface area contributed by atoms with Crippen LogP contribution in [0, 0.1) is 0 Å². The standard InChI is InChI=1S/C12H26NO6P/c1-6-17-11(14)12(15,9-10-13(4)5)20(16,18-7-2)19-8-3/h15H,6-10H2,1-5H3. The third kappa shape index (κ3) is 4.82. The molecule has 0 aliphatic rings. The summed E-state index contributed by atoms with van der Waals surface area (Å²) in [6.45, 7) is 5.35. The van der Waals surface area contributed by atoms with E-state index in [1.807, 2.05) is 0 Å². The van der Waals surface area contributed by atoms with Crippen molar-refractivity contribution in [2.75, 3.05) is 40.5 Å². The van der Waals surface area contributed by atoms with E-state index in [-0.39, 0.29) is 26.2 Å².